The zero-order valence-corrected chi connectivity index (χ0v) is 10.2. The summed E-state index contributed by atoms with van der Waals surface area (Å²) >= 11 is 1.30. The van der Waals surface area contributed by atoms with Crippen molar-refractivity contribution >= 4 is 29.5 Å². The van der Waals surface area contributed by atoms with Crippen molar-refractivity contribution in [1.29, 1.82) is 0 Å². The fourth-order valence-corrected chi connectivity index (χ4v) is 3.31. The number of thioether (sulfide) groups is 1. The van der Waals surface area contributed by atoms with Crippen LogP contribution in [0, 0.1) is 5.92 Å². The van der Waals surface area contributed by atoms with Crippen molar-refractivity contribution in [2.75, 3.05) is 11.5 Å². The Hall–Kier alpha value is -1.04. The Balaban J connectivity index is 2.19. The monoisotopic (exact) mass is 257 g/mol. The minimum atomic E-state index is -0.895. The molecule has 2 amide bonds. The lowest BCUT2D eigenvalue weighted by Crippen LogP contribution is -2.54. The van der Waals surface area contributed by atoms with E-state index in [0.717, 1.165) is 12.8 Å². The lowest BCUT2D eigenvalue weighted by Gasteiger charge is -2.38. The van der Waals surface area contributed by atoms with Crippen molar-refractivity contribution in [3.63, 3.8) is 0 Å². The highest BCUT2D eigenvalue weighted by Gasteiger charge is 2.41. The molecule has 1 N–H and O–H groups in total. The second-order valence-electron chi connectivity index (χ2n) is 4.45. The Labute approximate surface area is 104 Å². The van der Waals surface area contributed by atoms with Crippen LogP contribution in [0.15, 0.2) is 0 Å². The third-order valence-electron chi connectivity index (χ3n) is 3.37. The standard InChI is InChI=1S/C11H15NO4S/c13-9-5-17-6-10(14)12(9)8-4-2-1-3-7(8)11(15)16/h7-8H,1-6H2,(H,15,16). The zero-order chi connectivity index (χ0) is 12.4. The van der Waals surface area contributed by atoms with Crippen LogP contribution in [0.2, 0.25) is 0 Å². The molecule has 2 aliphatic rings. The maximum Gasteiger partial charge on any atom is 0.308 e. The number of aliphatic carboxylic acids is 1. The lowest BCUT2D eigenvalue weighted by molar-refractivity contribution is -0.153. The van der Waals surface area contributed by atoms with E-state index in [0.29, 0.717) is 12.8 Å². The second kappa shape index (κ2) is 5.08. The average molecular weight is 257 g/mol. The molecule has 0 spiro atoms. The Kier molecular flexibility index (Phi) is 3.71. The van der Waals surface area contributed by atoms with Crippen LogP contribution in [0.1, 0.15) is 25.7 Å². The molecule has 2 atom stereocenters. The van der Waals surface area contributed by atoms with Crippen LogP contribution in [0.3, 0.4) is 0 Å². The fourth-order valence-electron chi connectivity index (χ4n) is 2.58. The molecule has 2 rings (SSSR count). The van der Waals surface area contributed by atoms with Gasteiger partial charge < -0.3 is 5.11 Å². The molecule has 0 aromatic heterocycles. The Morgan fingerprint density at radius 1 is 1.18 bits per heavy atom. The van der Waals surface area contributed by atoms with Gasteiger partial charge in [0, 0.05) is 0 Å². The van der Waals surface area contributed by atoms with E-state index < -0.39 is 17.9 Å². The van der Waals surface area contributed by atoms with E-state index in [-0.39, 0.29) is 23.3 Å². The van der Waals surface area contributed by atoms with E-state index in [1.165, 1.54) is 16.7 Å². The van der Waals surface area contributed by atoms with Crippen molar-refractivity contribution in [2.45, 2.75) is 31.7 Å². The number of carbonyl (C=O) groups is 3. The lowest BCUT2D eigenvalue weighted by atomic mass is 9.83. The molecule has 6 heteroatoms. The van der Waals surface area contributed by atoms with Crippen LogP contribution < -0.4 is 0 Å². The van der Waals surface area contributed by atoms with E-state index in [1.54, 1.807) is 0 Å². The number of nitrogens with zero attached hydrogens (tertiary/aromatic N) is 1. The van der Waals surface area contributed by atoms with Crippen molar-refractivity contribution in [3.8, 4) is 0 Å². The molecule has 1 saturated heterocycles. The third kappa shape index (κ3) is 2.46. The first-order valence-electron chi connectivity index (χ1n) is 5.76. The van der Waals surface area contributed by atoms with E-state index in [9.17, 15) is 14.4 Å². The molecular formula is C11H15NO4S. The fraction of sp³-hybridized carbons (Fsp3) is 0.727. The predicted octanol–water partition coefficient (Wildman–Crippen LogP) is 0.732. The number of amides is 2. The molecule has 94 valence electrons. The number of rotatable bonds is 2. The Morgan fingerprint density at radius 3 is 2.35 bits per heavy atom. The van der Waals surface area contributed by atoms with Gasteiger partial charge in [-0.2, -0.15) is 0 Å². The molecule has 2 fully saturated rings. The summed E-state index contributed by atoms with van der Waals surface area (Å²) in [5.74, 6) is -1.37. The van der Waals surface area contributed by atoms with Gasteiger partial charge in [-0.1, -0.05) is 12.8 Å². The molecule has 0 radical (unpaired) electrons. The maximum absolute atomic E-state index is 11.8. The first kappa shape index (κ1) is 12.4. The summed E-state index contributed by atoms with van der Waals surface area (Å²) < 4.78 is 0. The van der Waals surface area contributed by atoms with E-state index in [2.05, 4.69) is 0 Å². The topological polar surface area (TPSA) is 74.7 Å². The highest BCUT2D eigenvalue weighted by atomic mass is 32.2. The molecule has 0 bridgehead atoms. The first-order chi connectivity index (χ1) is 8.11. The predicted molar refractivity (Wildman–Crippen MR) is 62.6 cm³/mol. The van der Waals surface area contributed by atoms with Crippen molar-refractivity contribution in [1.82, 2.24) is 4.90 Å². The minimum absolute atomic E-state index is 0.232. The molecule has 2 unspecified atom stereocenters. The average Bonchev–Trinajstić information content (AvgIpc) is 2.29. The molecule has 1 aliphatic carbocycles. The van der Waals surface area contributed by atoms with Crippen LogP contribution in [-0.2, 0) is 14.4 Å². The van der Waals surface area contributed by atoms with E-state index >= 15 is 0 Å². The Morgan fingerprint density at radius 2 is 1.76 bits per heavy atom. The number of imide groups is 1. The van der Waals surface area contributed by atoms with Gasteiger partial charge in [0.15, 0.2) is 0 Å². The van der Waals surface area contributed by atoms with Gasteiger partial charge in [0.25, 0.3) is 0 Å². The van der Waals surface area contributed by atoms with E-state index in [1.807, 2.05) is 0 Å². The van der Waals surface area contributed by atoms with E-state index in [4.69, 9.17) is 5.11 Å². The van der Waals surface area contributed by atoms with Crippen LogP contribution in [0.4, 0.5) is 0 Å². The zero-order valence-electron chi connectivity index (χ0n) is 9.42. The minimum Gasteiger partial charge on any atom is -0.481 e. The van der Waals surface area contributed by atoms with Gasteiger partial charge in [0.05, 0.1) is 23.5 Å². The maximum atomic E-state index is 11.8. The molecular weight excluding hydrogens is 242 g/mol. The number of hydrogen-bond acceptors (Lipinski definition) is 4. The number of carbonyl (C=O) groups excluding carboxylic acids is 2. The molecule has 0 aromatic carbocycles. The largest absolute Gasteiger partial charge is 0.481 e. The summed E-state index contributed by atoms with van der Waals surface area (Å²) in [4.78, 5) is 35.9. The Bertz CT molecular complexity index is 341. The summed E-state index contributed by atoms with van der Waals surface area (Å²) in [6.07, 6.45) is 2.93. The summed E-state index contributed by atoms with van der Waals surface area (Å²) in [5.41, 5.74) is 0. The summed E-state index contributed by atoms with van der Waals surface area (Å²) in [6, 6.07) is -0.429. The van der Waals surface area contributed by atoms with Gasteiger partial charge in [0.2, 0.25) is 11.8 Å². The molecule has 5 nitrogen and oxygen atoms in total. The van der Waals surface area contributed by atoms with Crippen LogP contribution in [0.5, 0.6) is 0 Å². The van der Waals surface area contributed by atoms with Gasteiger partial charge in [-0.05, 0) is 12.8 Å². The van der Waals surface area contributed by atoms with Crippen LogP contribution in [-0.4, -0.2) is 45.3 Å². The summed E-state index contributed by atoms with van der Waals surface area (Å²) in [7, 11) is 0. The van der Waals surface area contributed by atoms with Crippen molar-refractivity contribution in [3.05, 3.63) is 0 Å². The SMILES string of the molecule is O=C(O)C1CCCCC1N1C(=O)CSCC1=O. The highest BCUT2D eigenvalue weighted by Crippen LogP contribution is 2.31. The number of carboxylic acids is 1. The summed E-state index contributed by atoms with van der Waals surface area (Å²) in [5, 5.41) is 9.16. The highest BCUT2D eigenvalue weighted by molar-refractivity contribution is 8.00. The van der Waals surface area contributed by atoms with Crippen molar-refractivity contribution < 1.29 is 19.5 Å². The molecule has 1 aliphatic heterocycles. The van der Waals surface area contributed by atoms with Crippen LogP contribution in [0.25, 0.3) is 0 Å². The van der Waals surface area contributed by atoms with Gasteiger partial charge in [-0.25, -0.2) is 0 Å². The molecule has 0 aromatic rings. The number of carboxylic acid groups (broad SMARTS) is 1. The van der Waals surface area contributed by atoms with Gasteiger partial charge in [0.1, 0.15) is 0 Å². The quantitative estimate of drug-likeness (QED) is 0.738. The molecule has 17 heavy (non-hydrogen) atoms. The molecule has 1 saturated carbocycles. The second-order valence-corrected chi connectivity index (χ2v) is 5.43. The smallest absolute Gasteiger partial charge is 0.308 e. The van der Waals surface area contributed by atoms with Crippen molar-refractivity contribution in [2.24, 2.45) is 5.92 Å². The van der Waals surface area contributed by atoms with Gasteiger partial charge in [-0.3, -0.25) is 19.3 Å². The van der Waals surface area contributed by atoms with Gasteiger partial charge in [-0.15, -0.1) is 11.8 Å². The third-order valence-corrected chi connectivity index (χ3v) is 4.27. The van der Waals surface area contributed by atoms with Crippen LogP contribution >= 0.6 is 11.8 Å². The molecule has 1 heterocycles. The first-order valence-corrected chi connectivity index (χ1v) is 6.92. The summed E-state index contributed by atoms with van der Waals surface area (Å²) in [6.45, 7) is 0. The van der Waals surface area contributed by atoms with Gasteiger partial charge >= 0.3 is 5.97 Å². The number of hydrogen-bond donors (Lipinski definition) is 1. The normalized spacial score (nSPS) is 30.5.